The number of carbonyl (C=O) groups is 1. The van der Waals surface area contributed by atoms with Crippen LogP contribution in [0.25, 0.3) is 0 Å². The van der Waals surface area contributed by atoms with Crippen molar-refractivity contribution in [3.05, 3.63) is 35.5 Å². The number of hydrogen-bond donors (Lipinski definition) is 2. The molecule has 1 aliphatic heterocycles. The average molecular weight is 303 g/mol. The fraction of sp³-hybridized carbons (Fsp3) is 0.231. The van der Waals surface area contributed by atoms with E-state index in [1.165, 1.54) is 25.0 Å². The number of para-hydroxylation sites is 1. The van der Waals surface area contributed by atoms with Gasteiger partial charge in [-0.2, -0.15) is 4.68 Å². The largest absolute Gasteiger partial charge is 0.493 e. The normalized spacial score (nSPS) is 16.3. The molecular formula is C13H13N5O4. The Bertz CT molecular complexity index is 755. The number of nitrogens with zero attached hydrogens (tertiary/aromatic N) is 4. The molecule has 114 valence electrons. The van der Waals surface area contributed by atoms with Gasteiger partial charge in [0.1, 0.15) is 11.7 Å². The number of anilines is 1. The summed E-state index contributed by atoms with van der Waals surface area (Å²) in [5, 5.41) is 23.1. The van der Waals surface area contributed by atoms with Crippen LogP contribution in [-0.2, 0) is 4.79 Å². The van der Waals surface area contributed by atoms with Gasteiger partial charge in [-0.1, -0.05) is 17.2 Å². The molecule has 0 amide bonds. The summed E-state index contributed by atoms with van der Waals surface area (Å²) >= 11 is 0. The first kappa shape index (κ1) is 13.9. The van der Waals surface area contributed by atoms with E-state index in [1.54, 1.807) is 18.2 Å². The molecule has 0 aliphatic carbocycles. The number of carboxylic acids is 1. The van der Waals surface area contributed by atoms with Crippen molar-refractivity contribution in [2.24, 2.45) is 0 Å². The summed E-state index contributed by atoms with van der Waals surface area (Å²) in [5.41, 5.74) is 0.688. The molecule has 1 aromatic heterocycles. The number of methoxy groups -OCH3 is 2. The van der Waals surface area contributed by atoms with E-state index in [0.29, 0.717) is 17.1 Å². The fourth-order valence-corrected chi connectivity index (χ4v) is 2.35. The number of benzene rings is 1. The van der Waals surface area contributed by atoms with E-state index in [9.17, 15) is 9.90 Å². The maximum absolute atomic E-state index is 11.3. The Kier molecular flexibility index (Phi) is 3.37. The van der Waals surface area contributed by atoms with Crippen LogP contribution in [0.4, 0.5) is 5.95 Å². The van der Waals surface area contributed by atoms with Gasteiger partial charge >= 0.3 is 5.97 Å². The molecule has 22 heavy (non-hydrogen) atoms. The monoisotopic (exact) mass is 303 g/mol. The highest BCUT2D eigenvalue weighted by atomic mass is 16.5. The standard InChI is InChI=1S/C13H13N5O4/c1-21-10-5-3-4-7(11(10)22-2)9-6-8(12(19)20)14-13-15-16-17-18(9)13/h3-6,9H,1-2H3,(H,19,20)(H,14,15,17)/t9-/m1/s1. The second-order valence-corrected chi connectivity index (χ2v) is 4.49. The Labute approximate surface area is 125 Å². The van der Waals surface area contributed by atoms with Gasteiger partial charge < -0.3 is 19.9 Å². The SMILES string of the molecule is COc1cccc([C@H]2C=C(C(=O)O)Nc3nnnn32)c1OC. The van der Waals surface area contributed by atoms with Crippen LogP contribution in [0.15, 0.2) is 30.0 Å². The molecule has 1 atom stereocenters. The summed E-state index contributed by atoms with van der Waals surface area (Å²) in [7, 11) is 3.05. The zero-order valence-corrected chi connectivity index (χ0v) is 11.8. The van der Waals surface area contributed by atoms with E-state index in [4.69, 9.17) is 9.47 Å². The van der Waals surface area contributed by atoms with Crippen LogP contribution in [0.5, 0.6) is 11.5 Å². The summed E-state index contributed by atoms with van der Waals surface area (Å²) in [5.74, 6) is 0.189. The topological polar surface area (TPSA) is 111 Å². The predicted molar refractivity (Wildman–Crippen MR) is 74.8 cm³/mol. The second-order valence-electron chi connectivity index (χ2n) is 4.49. The Morgan fingerprint density at radius 2 is 2.18 bits per heavy atom. The molecule has 3 rings (SSSR count). The van der Waals surface area contributed by atoms with E-state index in [2.05, 4.69) is 20.8 Å². The Hall–Kier alpha value is -3.10. The van der Waals surface area contributed by atoms with E-state index in [0.717, 1.165) is 0 Å². The molecule has 0 fully saturated rings. The van der Waals surface area contributed by atoms with Crippen LogP contribution in [0.2, 0.25) is 0 Å². The molecule has 1 aliphatic rings. The predicted octanol–water partition coefficient (Wildman–Crippen LogP) is 0.674. The minimum Gasteiger partial charge on any atom is -0.493 e. The van der Waals surface area contributed by atoms with E-state index >= 15 is 0 Å². The van der Waals surface area contributed by atoms with E-state index < -0.39 is 12.0 Å². The zero-order valence-electron chi connectivity index (χ0n) is 11.8. The highest BCUT2D eigenvalue weighted by Crippen LogP contribution is 2.38. The molecule has 2 aromatic rings. The number of aliphatic carboxylic acids is 1. The highest BCUT2D eigenvalue weighted by molar-refractivity contribution is 5.90. The molecule has 2 N–H and O–H groups in total. The first-order valence-corrected chi connectivity index (χ1v) is 6.36. The lowest BCUT2D eigenvalue weighted by Gasteiger charge is -2.23. The molecular weight excluding hydrogens is 290 g/mol. The van der Waals surface area contributed by atoms with Gasteiger partial charge in [0.15, 0.2) is 11.5 Å². The molecule has 2 heterocycles. The van der Waals surface area contributed by atoms with Gasteiger partial charge in [-0.3, -0.25) is 0 Å². The molecule has 0 spiro atoms. The number of tetrazole rings is 1. The lowest BCUT2D eigenvalue weighted by atomic mass is 10.0. The van der Waals surface area contributed by atoms with Crippen LogP contribution >= 0.6 is 0 Å². The van der Waals surface area contributed by atoms with Gasteiger partial charge in [0, 0.05) is 5.56 Å². The molecule has 0 saturated heterocycles. The van der Waals surface area contributed by atoms with Crippen molar-refractivity contribution < 1.29 is 19.4 Å². The summed E-state index contributed by atoms with van der Waals surface area (Å²) in [6.07, 6.45) is 1.52. The van der Waals surface area contributed by atoms with Crippen molar-refractivity contribution in [2.75, 3.05) is 19.5 Å². The molecule has 0 saturated carbocycles. The van der Waals surface area contributed by atoms with Gasteiger partial charge in [-0.25, -0.2) is 4.79 Å². The van der Waals surface area contributed by atoms with Gasteiger partial charge in [0.05, 0.1) is 14.2 Å². The Balaban J connectivity index is 2.17. The van der Waals surface area contributed by atoms with Crippen LogP contribution in [0.1, 0.15) is 11.6 Å². The van der Waals surface area contributed by atoms with Crippen LogP contribution in [0.3, 0.4) is 0 Å². The van der Waals surface area contributed by atoms with Crippen molar-refractivity contribution in [1.29, 1.82) is 0 Å². The summed E-state index contributed by atoms with van der Waals surface area (Å²) in [4.78, 5) is 11.3. The van der Waals surface area contributed by atoms with Crippen LogP contribution < -0.4 is 14.8 Å². The van der Waals surface area contributed by atoms with Crippen molar-refractivity contribution in [3.63, 3.8) is 0 Å². The third-order valence-electron chi connectivity index (χ3n) is 3.31. The number of ether oxygens (including phenoxy) is 2. The fourth-order valence-electron chi connectivity index (χ4n) is 2.35. The van der Waals surface area contributed by atoms with E-state index in [-0.39, 0.29) is 11.6 Å². The van der Waals surface area contributed by atoms with Crippen LogP contribution in [-0.4, -0.2) is 45.5 Å². The van der Waals surface area contributed by atoms with Crippen molar-refractivity contribution in [1.82, 2.24) is 20.2 Å². The first-order valence-electron chi connectivity index (χ1n) is 6.36. The number of carboxylic acid groups (broad SMARTS) is 1. The van der Waals surface area contributed by atoms with Gasteiger partial charge in [0.25, 0.3) is 0 Å². The summed E-state index contributed by atoms with van der Waals surface area (Å²) in [6.45, 7) is 0. The molecule has 0 bridgehead atoms. The molecule has 0 radical (unpaired) electrons. The Morgan fingerprint density at radius 1 is 1.36 bits per heavy atom. The summed E-state index contributed by atoms with van der Waals surface area (Å²) < 4.78 is 12.2. The average Bonchev–Trinajstić information content (AvgIpc) is 3.01. The van der Waals surface area contributed by atoms with Gasteiger partial charge in [-0.05, 0) is 22.6 Å². The third-order valence-corrected chi connectivity index (χ3v) is 3.31. The van der Waals surface area contributed by atoms with Gasteiger partial charge in [0.2, 0.25) is 5.95 Å². The number of allylic oxidation sites excluding steroid dienone is 1. The summed E-state index contributed by atoms with van der Waals surface area (Å²) in [6, 6.07) is 4.82. The lowest BCUT2D eigenvalue weighted by Crippen LogP contribution is -2.24. The number of rotatable bonds is 4. The molecule has 9 nitrogen and oxygen atoms in total. The maximum atomic E-state index is 11.3. The highest BCUT2D eigenvalue weighted by Gasteiger charge is 2.29. The first-order chi connectivity index (χ1) is 10.7. The molecule has 1 aromatic carbocycles. The minimum atomic E-state index is -1.10. The zero-order chi connectivity index (χ0) is 15.7. The number of fused-ring (bicyclic) bond motifs is 1. The second kappa shape index (κ2) is 5.35. The quantitative estimate of drug-likeness (QED) is 0.848. The van der Waals surface area contributed by atoms with Crippen LogP contribution in [0, 0.1) is 0 Å². The van der Waals surface area contributed by atoms with E-state index in [1.807, 2.05) is 0 Å². The molecule has 9 heteroatoms. The van der Waals surface area contributed by atoms with Gasteiger partial charge in [-0.15, -0.1) is 0 Å². The number of nitrogens with one attached hydrogen (secondary N) is 1. The molecule has 0 unspecified atom stereocenters. The number of aromatic nitrogens is 4. The number of hydrogen-bond acceptors (Lipinski definition) is 7. The Morgan fingerprint density at radius 3 is 2.86 bits per heavy atom. The maximum Gasteiger partial charge on any atom is 0.352 e. The minimum absolute atomic E-state index is 0.00262. The van der Waals surface area contributed by atoms with Crippen molar-refractivity contribution in [3.8, 4) is 11.5 Å². The smallest absolute Gasteiger partial charge is 0.352 e. The third kappa shape index (κ3) is 2.12. The van der Waals surface area contributed by atoms with Crippen molar-refractivity contribution >= 4 is 11.9 Å². The lowest BCUT2D eigenvalue weighted by molar-refractivity contribution is -0.132. The van der Waals surface area contributed by atoms with Crippen molar-refractivity contribution in [2.45, 2.75) is 6.04 Å².